The van der Waals surface area contributed by atoms with E-state index in [0.29, 0.717) is 37.4 Å². The van der Waals surface area contributed by atoms with Crippen LogP contribution in [0.3, 0.4) is 0 Å². The first-order chi connectivity index (χ1) is 16.0. The van der Waals surface area contributed by atoms with Crippen molar-refractivity contribution < 1.29 is 18.0 Å². The van der Waals surface area contributed by atoms with Crippen LogP contribution in [0.4, 0.5) is 5.69 Å². The molecule has 2 N–H and O–H groups in total. The number of sulfonamides is 1. The molecular weight excluding hydrogens is 452 g/mol. The van der Waals surface area contributed by atoms with Crippen molar-refractivity contribution in [2.45, 2.75) is 51.6 Å². The van der Waals surface area contributed by atoms with Crippen molar-refractivity contribution in [1.82, 2.24) is 14.5 Å². The third-order valence-corrected chi connectivity index (χ3v) is 7.49. The summed E-state index contributed by atoms with van der Waals surface area (Å²) in [7, 11) is -3.58. The molecule has 1 atom stereocenters. The van der Waals surface area contributed by atoms with Gasteiger partial charge < -0.3 is 10.2 Å². The fourth-order valence-electron chi connectivity index (χ4n) is 4.10. The Bertz CT molecular complexity index is 1120. The summed E-state index contributed by atoms with van der Waals surface area (Å²) in [6.45, 7) is 11.6. The van der Waals surface area contributed by atoms with Gasteiger partial charge in [0.25, 0.3) is 5.91 Å². The highest BCUT2D eigenvalue weighted by Gasteiger charge is 2.28. The van der Waals surface area contributed by atoms with Crippen LogP contribution in [0.2, 0.25) is 0 Å². The fraction of sp³-hybridized carbons (Fsp3) is 0.440. The molecule has 1 aliphatic rings. The maximum atomic E-state index is 12.9. The maximum absolute atomic E-state index is 12.9. The molecule has 1 unspecified atom stereocenters. The van der Waals surface area contributed by atoms with Gasteiger partial charge in [0.2, 0.25) is 15.9 Å². The summed E-state index contributed by atoms with van der Waals surface area (Å²) in [5.41, 5.74) is 3.36. The first-order valence-corrected chi connectivity index (χ1v) is 13.0. The molecule has 8 nitrogen and oxygen atoms in total. The SMILES string of the molecule is Cc1cc(C)cc(C(=O)N2CCN(C(C)C(=O)Nc3ccc(S(=O)(=O)NC(C)C)cc3)CC2)c1. The molecule has 0 spiro atoms. The third-order valence-electron chi connectivity index (χ3n) is 5.82. The van der Waals surface area contributed by atoms with Crippen LogP contribution in [0.5, 0.6) is 0 Å². The summed E-state index contributed by atoms with van der Waals surface area (Å²) in [4.78, 5) is 29.7. The molecule has 184 valence electrons. The predicted molar refractivity (Wildman–Crippen MR) is 133 cm³/mol. The van der Waals surface area contributed by atoms with Gasteiger partial charge in [-0.3, -0.25) is 14.5 Å². The molecule has 1 saturated heterocycles. The Hall–Kier alpha value is -2.75. The zero-order valence-electron chi connectivity index (χ0n) is 20.5. The Kier molecular flexibility index (Phi) is 8.12. The number of carbonyl (C=O) groups is 2. The average Bonchev–Trinajstić information content (AvgIpc) is 2.77. The highest BCUT2D eigenvalue weighted by atomic mass is 32.2. The Morgan fingerprint density at radius 2 is 1.44 bits per heavy atom. The maximum Gasteiger partial charge on any atom is 0.253 e. The molecule has 0 radical (unpaired) electrons. The van der Waals surface area contributed by atoms with Gasteiger partial charge in [0.1, 0.15) is 0 Å². The van der Waals surface area contributed by atoms with Crippen molar-refractivity contribution in [3.8, 4) is 0 Å². The van der Waals surface area contributed by atoms with Crippen molar-refractivity contribution in [1.29, 1.82) is 0 Å². The molecule has 0 bridgehead atoms. The molecule has 3 rings (SSSR count). The van der Waals surface area contributed by atoms with E-state index in [1.807, 2.05) is 48.8 Å². The van der Waals surface area contributed by atoms with Crippen molar-refractivity contribution in [2.75, 3.05) is 31.5 Å². The van der Waals surface area contributed by atoms with Gasteiger partial charge in [-0.05, 0) is 71.0 Å². The van der Waals surface area contributed by atoms with E-state index in [1.54, 1.807) is 26.0 Å². The number of hydrogen-bond donors (Lipinski definition) is 2. The topological polar surface area (TPSA) is 98.8 Å². The van der Waals surface area contributed by atoms with E-state index in [4.69, 9.17) is 0 Å². The minimum Gasteiger partial charge on any atom is -0.336 e. The molecule has 0 saturated carbocycles. The van der Waals surface area contributed by atoms with Gasteiger partial charge in [-0.2, -0.15) is 0 Å². The first-order valence-electron chi connectivity index (χ1n) is 11.5. The minimum absolute atomic E-state index is 0.0190. The number of amides is 2. The van der Waals surface area contributed by atoms with Gasteiger partial charge >= 0.3 is 0 Å². The summed E-state index contributed by atoms with van der Waals surface area (Å²) in [5, 5.41) is 2.85. The van der Waals surface area contributed by atoms with Gasteiger partial charge in [-0.15, -0.1) is 0 Å². The lowest BCUT2D eigenvalue weighted by molar-refractivity contribution is -0.121. The molecular formula is C25H34N4O4S. The second-order valence-electron chi connectivity index (χ2n) is 9.17. The molecule has 0 aliphatic carbocycles. The lowest BCUT2D eigenvalue weighted by Crippen LogP contribution is -2.54. The summed E-state index contributed by atoms with van der Waals surface area (Å²) >= 11 is 0. The smallest absolute Gasteiger partial charge is 0.253 e. The molecule has 9 heteroatoms. The van der Waals surface area contributed by atoms with E-state index in [-0.39, 0.29) is 28.8 Å². The molecule has 2 aromatic rings. The van der Waals surface area contributed by atoms with E-state index in [1.165, 1.54) is 12.1 Å². The number of benzene rings is 2. The van der Waals surface area contributed by atoms with Crippen LogP contribution in [0.25, 0.3) is 0 Å². The number of piperazine rings is 1. The number of nitrogens with zero attached hydrogens (tertiary/aromatic N) is 2. The van der Waals surface area contributed by atoms with Crippen molar-refractivity contribution in [2.24, 2.45) is 0 Å². The molecule has 2 amide bonds. The van der Waals surface area contributed by atoms with Gasteiger partial charge in [0.15, 0.2) is 0 Å². The van der Waals surface area contributed by atoms with Crippen LogP contribution in [-0.2, 0) is 14.8 Å². The largest absolute Gasteiger partial charge is 0.336 e. The Morgan fingerprint density at radius 3 is 1.97 bits per heavy atom. The molecule has 1 fully saturated rings. The summed E-state index contributed by atoms with van der Waals surface area (Å²) in [6, 6.07) is 11.4. The molecule has 1 aliphatic heterocycles. The van der Waals surface area contributed by atoms with E-state index < -0.39 is 10.0 Å². The van der Waals surface area contributed by atoms with Gasteiger partial charge in [0.05, 0.1) is 10.9 Å². The number of hydrogen-bond acceptors (Lipinski definition) is 5. The molecule has 1 heterocycles. The highest BCUT2D eigenvalue weighted by Crippen LogP contribution is 2.17. The average molecular weight is 487 g/mol. The molecule has 0 aromatic heterocycles. The first kappa shape index (κ1) is 25.9. The third kappa shape index (κ3) is 6.43. The molecule has 34 heavy (non-hydrogen) atoms. The fourth-order valence-corrected chi connectivity index (χ4v) is 5.35. The van der Waals surface area contributed by atoms with Crippen molar-refractivity contribution in [3.63, 3.8) is 0 Å². The standard InChI is InChI=1S/C25H34N4O4S/c1-17(2)27-34(32,33)23-8-6-22(7-9-23)26-24(30)20(5)28-10-12-29(13-11-28)25(31)21-15-18(3)14-19(4)16-21/h6-9,14-17,20,27H,10-13H2,1-5H3,(H,26,30). The number of nitrogens with one attached hydrogen (secondary N) is 2. The summed E-state index contributed by atoms with van der Waals surface area (Å²) in [5.74, 6) is -0.157. The minimum atomic E-state index is -3.58. The zero-order chi connectivity index (χ0) is 25.0. The number of aryl methyl sites for hydroxylation is 2. The normalized spacial score (nSPS) is 15.9. The van der Waals surface area contributed by atoms with Gasteiger partial charge in [-0.25, -0.2) is 13.1 Å². The van der Waals surface area contributed by atoms with Crippen LogP contribution in [0, 0.1) is 13.8 Å². The van der Waals surface area contributed by atoms with E-state index >= 15 is 0 Å². The molecule has 2 aromatic carbocycles. The van der Waals surface area contributed by atoms with Crippen LogP contribution >= 0.6 is 0 Å². The van der Waals surface area contributed by atoms with Gasteiger partial charge in [0, 0.05) is 43.5 Å². The van der Waals surface area contributed by atoms with Gasteiger partial charge in [-0.1, -0.05) is 17.2 Å². The monoisotopic (exact) mass is 486 g/mol. The summed E-state index contributed by atoms with van der Waals surface area (Å²) < 4.78 is 27.0. The van der Waals surface area contributed by atoms with Crippen molar-refractivity contribution >= 4 is 27.5 Å². The van der Waals surface area contributed by atoms with Crippen LogP contribution in [0.1, 0.15) is 42.3 Å². The summed E-state index contributed by atoms with van der Waals surface area (Å²) in [6.07, 6.45) is 0. The predicted octanol–water partition coefficient (Wildman–Crippen LogP) is 2.78. The quantitative estimate of drug-likeness (QED) is 0.627. The lowest BCUT2D eigenvalue weighted by Gasteiger charge is -2.37. The van der Waals surface area contributed by atoms with Crippen molar-refractivity contribution in [3.05, 3.63) is 59.2 Å². The Balaban J connectivity index is 1.55. The second kappa shape index (κ2) is 10.7. The van der Waals surface area contributed by atoms with E-state index in [9.17, 15) is 18.0 Å². The number of carbonyl (C=O) groups excluding carboxylic acids is 2. The Morgan fingerprint density at radius 1 is 0.882 bits per heavy atom. The number of anilines is 1. The zero-order valence-corrected chi connectivity index (χ0v) is 21.3. The van der Waals surface area contributed by atoms with Crippen LogP contribution in [0.15, 0.2) is 47.4 Å². The second-order valence-corrected chi connectivity index (χ2v) is 10.9. The number of rotatable bonds is 7. The lowest BCUT2D eigenvalue weighted by atomic mass is 10.1. The van der Waals surface area contributed by atoms with Crippen LogP contribution in [-0.4, -0.2) is 68.3 Å². The Labute approximate surface area is 202 Å². The van der Waals surface area contributed by atoms with E-state index in [2.05, 4.69) is 10.0 Å². The van der Waals surface area contributed by atoms with E-state index in [0.717, 1.165) is 11.1 Å². The highest BCUT2D eigenvalue weighted by molar-refractivity contribution is 7.89. The van der Waals surface area contributed by atoms with Crippen LogP contribution < -0.4 is 10.0 Å².